The summed E-state index contributed by atoms with van der Waals surface area (Å²) < 4.78 is 42.9. The van der Waals surface area contributed by atoms with Crippen molar-refractivity contribution in [3.63, 3.8) is 0 Å². The predicted molar refractivity (Wildman–Crippen MR) is 71.2 cm³/mol. The largest absolute Gasteiger partial charge is 0.444 e. The second-order valence-electron chi connectivity index (χ2n) is 5.46. The Labute approximate surface area is 124 Å². The zero-order valence-electron chi connectivity index (χ0n) is 12.2. The maximum absolute atomic E-state index is 12.6. The van der Waals surface area contributed by atoms with Gasteiger partial charge >= 0.3 is 12.3 Å². The molecule has 0 heterocycles. The summed E-state index contributed by atoms with van der Waals surface area (Å²) in [4.78, 5) is 21.1. The van der Waals surface area contributed by atoms with Gasteiger partial charge in [0.15, 0.2) is 0 Å². The molecule has 9 heteroatoms. The van der Waals surface area contributed by atoms with Crippen molar-refractivity contribution in [3.8, 4) is 0 Å². The molecule has 0 aliphatic heterocycles. The van der Waals surface area contributed by atoms with E-state index in [1.165, 1.54) is 0 Å². The van der Waals surface area contributed by atoms with Gasteiger partial charge < -0.3 is 10.1 Å². The number of halogens is 3. The van der Waals surface area contributed by atoms with Crippen LogP contribution in [0.3, 0.4) is 0 Å². The van der Waals surface area contributed by atoms with Crippen LogP contribution in [0.2, 0.25) is 0 Å². The third-order valence-corrected chi connectivity index (χ3v) is 2.40. The Morgan fingerprint density at radius 3 is 2.36 bits per heavy atom. The van der Waals surface area contributed by atoms with Crippen LogP contribution in [0.4, 0.5) is 23.7 Å². The number of nitro benzene ring substituents is 1. The first-order valence-corrected chi connectivity index (χ1v) is 6.21. The van der Waals surface area contributed by atoms with Crippen molar-refractivity contribution in [1.29, 1.82) is 0 Å². The lowest BCUT2D eigenvalue weighted by atomic mass is 10.1. The van der Waals surface area contributed by atoms with Crippen LogP contribution >= 0.6 is 0 Å². The molecule has 1 rings (SSSR count). The predicted octanol–water partition coefficient (Wildman–Crippen LogP) is 3.64. The van der Waals surface area contributed by atoms with Crippen molar-refractivity contribution in [2.45, 2.75) is 39.1 Å². The van der Waals surface area contributed by atoms with Gasteiger partial charge in [-0.1, -0.05) is 6.07 Å². The lowest BCUT2D eigenvalue weighted by Gasteiger charge is -2.19. The molecule has 0 radical (unpaired) electrons. The maximum atomic E-state index is 12.6. The molecule has 1 aromatic rings. The molecular weight excluding hydrogens is 305 g/mol. The van der Waals surface area contributed by atoms with Crippen LogP contribution in [-0.2, 0) is 17.5 Å². The van der Waals surface area contributed by atoms with Crippen LogP contribution in [0.25, 0.3) is 0 Å². The molecule has 0 saturated carbocycles. The van der Waals surface area contributed by atoms with Gasteiger partial charge in [-0.05, 0) is 32.4 Å². The van der Waals surface area contributed by atoms with Crippen molar-refractivity contribution < 1.29 is 27.6 Å². The summed E-state index contributed by atoms with van der Waals surface area (Å²) in [5, 5.41) is 13.1. The molecule has 22 heavy (non-hydrogen) atoms. The minimum atomic E-state index is -4.82. The highest BCUT2D eigenvalue weighted by Crippen LogP contribution is 2.36. The van der Waals surface area contributed by atoms with Gasteiger partial charge in [-0.15, -0.1) is 0 Å². The van der Waals surface area contributed by atoms with Crippen molar-refractivity contribution in [2.24, 2.45) is 0 Å². The zero-order valence-corrected chi connectivity index (χ0v) is 12.2. The van der Waals surface area contributed by atoms with Crippen molar-refractivity contribution in [3.05, 3.63) is 39.4 Å². The summed E-state index contributed by atoms with van der Waals surface area (Å²) in [7, 11) is 0. The van der Waals surface area contributed by atoms with E-state index >= 15 is 0 Å². The maximum Gasteiger partial charge on any atom is 0.422 e. The van der Waals surface area contributed by atoms with Gasteiger partial charge in [0, 0.05) is 12.6 Å². The van der Waals surface area contributed by atoms with Crippen LogP contribution in [0.5, 0.6) is 0 Å². The average molecular weight is 320 g/mol. The van der Waals surface area contributed by atoms with Crippen molar-refractivity contribution in [2.75, 3.05) is 0 Å². The Kier molecular flexibility index (Phi) is 5.00. The van der Waals surface area contributed by atoms with Crippen LogP contribution in [0.1, 0.15) is 31.9 Å². The van der Waals surface area contributed by atoms with E-state index in [1.807, 2.05) is 0 Å². The summed E-state index contributed by atoms with van der Waals surface area (Å²) in [6.07, 6.45) is -5.59. The Hall–Kier alpha value is -2.32. The standard InChI is InChI=1S/C13H15F3N2O4/c1-12(2,3)22-11(19)17-7-8-4-5-9(13(14,15)16)10(6-8)18(20)21/h4-6H,7H2,1-3H3,(H,17,19). The summed E-state index contributed by atoms with van der Waals surface area (Å²) in [5.41, 5.74) is -2.96. The van der Waals surface area contributed by atoms with E-state index in [1.54, 1.807) is 20.8 Å². The Morgan fingerprint density at radius 1 is 1.32 bits per heavy atom. The highest BCUT2D eigenvalue weighted by molar-refractivity contribution is 5.67. The van der Waals surface area contributed by atoms with Crippen LogP contribution in [0, 0.1) is 10.1 Å². The normalized spacial score (nSPS) is 11.9. The number of rotatable bonds is 3. The first kappa shape index (κ1) is 17.7. The lowest BCUT2D eigenvalue weighted by molar-refractivity contribution is -0.388. The van der Waals surface area contributed by atoms with E-state index in [0.717, 1.165) is 12.1 Å². The van der Waals surface area contributed by atoms with E-state index in [9.17, 15) is 28.1 Å². The van der Waals surface area contributed by atoms with E-state index in [4.69, 9.17) is 4.74 Å². The number of carbonyl (C=O) groups is 1. The Balaban J connectivity index is 2.88. The number of alkyl carbamates (subject to hydrolysis) is 1. The molecule has 0 bridgehead atoms. The van der Waals surface area contributed by atoms with Gasteiger partial charge in [-0.2, -0.15) is 13.2 Å². The fourth-order valence-electron chi connectivity index (χ4n) is 1.57. The minimum Gasteiger partial charge on any atom is -0.444 e. The molecule has 0 aliphatic rings. The second-order valence-corrected chi connectivity index (χ2v) is 5.46. The molecule has 1 amide bonds. The third-order valence-electron chi connectivity index (χ3n) is 2.40. The highest BCUT2D eigenvalue weighted by atomic mass is 19.4. The van der Waals surface area contributed by atoms with E-state index in [2.05, 4.69) is 5.32 Å². The number of benzene rings is 1. The number of hydrogen-bond acceptors (Lipinski definition) is 4. The number of nitro groups is 1. The fourth-order valence-corrected chi connectivity index (χ4v) is 1.57. The average Bonchev–Trinajstić information content (AvgIpc) is 2.32. The first-order chi connectivity index (χ1) is 9.90. The molecule has 0 fully saturated rings. The summed E-state index contributed by atoms with van der Waals surface area (Å²) in [6, 6.07) is 2.46. The molecule has 6 nitrogen and oxygen atoms in total. The lowest BCUT2D eigenvalue weighted by Crippen LogP contribution is -2.32. The molecule has 0 aliphatic carbocycles. The molecule has 0 aromatic heterocycles. The van der Waals surface area contributed by atoms with Crippen LogP contribution < -0.4 is 5.32 Å². The molecule has 0 saturated heterocycles. The number of ether oxygens (including phenoxy) is 1. The molecule has 0 spiro atoms. The molecule has 0 unspecified atom stereocenters. The third kappa shape index (κ3) is 5.23. The van der Waals surface area contributed by atoms with Gasteiger partial charge in [-0.25, -0.2) is 4.79 Å². The summed E-state index contributed by atoms with van der Waals surface area (Å²) in [6.45, 7) is 4.76. The molecule has 122 valence electrons. The van der Waals surface area contributed by atoms with E-state index in [-0.39, 0.29) is 12.1 Å². The minimum absolute atomic E-state index is 0.158. The number of amides is 1. The van der Waals surface area contributed by atoms with Gasteiger partial charge in [0.05, 0.1) is 4.92 Å². The van der Waals surface area contributed by atoms with Gasteiger partial charge in [0.2, 0.25) is 0 Å². The SMILES string of the molecule is CC(C)(C)OC(=O)NCc1ccc(C(F)(F)F)c([N+](=O)[O-])c1. The number of hydrogen-bond donors (Lipinski definition) is 1. The van der Waals surface area contributed by atoms with Crippen LogP contribution in [0.15, 0.2) is 18.2 Å². The second kappa shape index (κ2) is 6.20. The molecular formula is C13H15F3N2O4. The monoisotopic (exact) mass is 320 g/mol. The highest BCUT2D eigenvalue weighted by Gasteiger charge is 2.38. The molecule has 0 atom stereocenters. The van der Waals surface area contributed by atoms with Gasteiger partial charge in [0.25, 0.3) is 5.69 Å². The Bertz CT molecular complexity index is 580. The summed E-state index contributed by atoms with van der Waals surface area (Å²) in [5.74, 6) is 0. The topological polar surface area (TPSA) is 81.5 Å². The number of carbonyl (C=O) groups excluding carboxylic acids is 1. The number of nitrogens with zero attached hydrogens (tertiary/aromatic N) is 1. The van der Waals surface area contributed by atoms with Crippen LogP contribution in [-0.4, -0.2) is 16.6 Å². The van der Waals surface area contributed by atoms with E-state index in [0.29, 0.717) is 6.07 Å². The van der Waals surface area contributed by atoms with Crippen molar-refractivity contribution >= 4 is 11.8 Å². The van der Waals surface area contributed by atoms with E-state index < -0.39 is 34.0 Å². The number of alkyl halides is 3. The van der Waals surface area contributed by atoms with Crippen molar-refractivity contribution in [1.82, 2.24) is 5.32 Å². The first-order valence-electron chi connectivity index (χ1n) is 6.21. The van der Waals surface area contributed by atoms with Gasteiger partial charge in [0.1, 0.15) is 11.2 Å². The smallest absolute Gasteiger partial charge is 0.422 e. The summed E-state index contributed by atoms with van der Waals surface area (Å²) >= 11 is 0. The molecule has 1 N–H and O–H groups in total. The molecule has 1 aromatic carbocycles. The fraction of sp³-hybridized carbons (Fsp3) is 0.462. The Morgan fingerprint density at radius 2 is 1.91 bits per heavy atom. The quantitative estimate of drug-likeness (QED) is 0.681. The van der Waals surface area contributed by atoms with Gasteiger partial charge in [-0.3, -0.25) is 10.1 Å². The number of nitrogens with one attached hydrogen (secondary N) is 1. The zero-order chi connectivity index (χ0) is 17.1.